The Morgan fingerprint density at radius 2 is 1.77 bits per heavy atom. The number of thioether (sulfide) groups is 1. The molecule has 2 aromatic rings. The molecule has 0 fully saturated rings. The highest BCUT2D eigenvalue weighted by Crippen LogP contribution is 2.29. The monoisotopic (exact) mass is 419 g/mol. The number of nitrogens with one attached hydrogen (secondary N) is 1. The van der Waals surface area contributed by atoms with E-state index in [0.29, 0.717) is 22.2 Å². The number of hydrogen-bond donors (Lipinski definition) is 2. The van der Waals surface area contributed by atoms with Crippen LogP contribution in [0.4, 0.5) is 14.5 Å². The van der Waals surface area contributed by atoms with Gasteiger partial charge in [0.1, 0.15) is 11.6 Å². The van der Waals surface area contributed by atoms with Crippen LogP contribution in [0.5, 0.6) is 0 Å². The van der Waals surface area contributed by atoms with E-state index >= 15 is 0 Å². The zero-order valence-corrected chi connectivity index (χ0v) is 17.4. The van der Waals surface area contributed by atoms with Gasteiger partial charge >= 0.3 is 0 Å². The van der Waals surface area contributed by atoms with Gasteiger partial charge in [0.05, 0.1) is 10.7 Å². The van der Waals surface area contributed by atoms with E-state index in [1.54, 1.807) is 30.0 Å². The third-order valence-corrected chi connectivity index (χ3v) is 4.83. The van der Waals surface area contributed by atoms with E-state index < -0.39 is 0 Å². The highest BCUT2D eigenvalue weighted by atomic mass is 35.5. The van der Waals surface area contributed by atoms with E-state index in [2.05, 4.69) is 10.2 Å². The lowest BCUT2D eigenvalue weighted by Gasteiger charge is -2.12. The Kier molecular flexibility index (Phi) is 11.0. The molecular formula is C18H24ClF2N3S2. The van der Waals surface area contributed by atoms with Gasteiger partial charge in [-0.3, -0.25) is 5.14 Å². The van der Waals surface area contributed by atoms with Crippen molar-refractivity contribution in [1.82, 2.24) is 4.90 Å². The molecule has 0 saturated heterocycles. The summed E-state index contributed by atoms with van der Waals surface area (Å²) in [7, 11) is 4.00. The van der Waals surface area contributed by atoms with Gasteiger partial charge in [-0.25, -0.2) is 8.78 Å². The van der Waals surface area contributed by atoms with Crippen molar-refractivity contribution in [2.75, 3.05) is 38.8 Å². The summed E-state index contributed by atoms with van der Waals surface area (Å²) in [6.45, 7) is 1.63. The van der Waals surface area contributed by atoms with Gasteiger partial charge in [0, 0.05) is 16.3 Å². The summed E-state index contributed by atoms with van der Waals surface area (Å²) in [4.78, 5) is 3.79. The molecule has 0 unspecified atom stereocenters. The van der Waals surface area contributed by atoms with Gasteiger partial charge < -0.3 is 10.2 Å². The number of rotatable bonds is 7. The average molecular weight is 420 g/mol. The Morgan fingerprint density at radius 3 is 2.27 bits per heavy atom. The van der Waals surface area contributed by atoms with Gasteiger partial charge in [0.15, 0.2) is 0 Å². The number of hydrogen-bond acceptors (Lipinski definition) is 5. The lowest BCUT2D eigenvalue weighted by atomic mass is 10.3. The first kappa shape index (κ1) is 23.0. The molecule has 144 valence electrons. The molecule has 0 aromatic heterocycles. The van der Waals surface area contributed by atoms with Gasteiger partial charge in [-0.05, 0) is 81.7 Å². The van der Waals surface area contributed by atoms with Crippen LogP contribution < -0.4 is 10.5 Å². The Labute approximate surface area is 167 Å². The van der Waals surface area contributed by atoms with Crippen molar-refractivity contribution in [2.24, 2.45) is 5.14 Å². The minimum Gasteiger partial charge on any atom is -0.381 e. The highest BCUT2D eigenvalue weighted by Gasteiger charge is 2.09. The molecule has 3 N–H and O–H groups in total. The van der Waals surface area contributed by atoms with Crippen LogP contribution in [0.15, 0.2) is 46.2 Å². The molecule has 0 aliphatic rings. The topological polar surface area (TPSA) is 41.3 Å². The van der Waals surface area contributed by atoms with Gasteiger partial charge in [-0.15, -0.1) is 11.8 Å². The molecule has 0 aliphatic heterocycles. The quantitative estimate of drug-likeness (QED) is 0.359. The van der Waals surface area contributed by atoms with Crippen molar-refractivity contribution >= 4 is 41.0 Å². The number of anilines is 1. The number of benzene rings is 2. The minimum atomic E-state index is -0.365. The maximum absolute atomic E-state index is 13.7. The third-order valence-electron chi connectivity index (χ3n) is 3.28. The van der Waals surface area contributed by atoms with Crippen molar-refractivity contribution in [3.05, 3.63) is 53.1 Å². The van der Waals surface area contributed by atoms with Crippen LogP contribution in [0, 0.1) is 11.6 Å². The van der Waals surface area contributed by atoms with E-state index in [1.807, 2.05) is 20.4 Å². The Morgan fingerprint density at radius 1 is 1.12 bits per heavy atom. The fraction of sp³-hybridized carbons (Fsp3) is 0.333. The first-order valence-corrected chi connectivity index (χ1v) is 10.4. The van der Waals surface area contributed by atoms with Gasteiger partial charge in [0.2, 0.25) is 0 Å². The zero-order valence-electron chi connectivity index (χ0n) is 15.1. The second kappa shape index (κ2) is 12.4. The van der Waals surface area contributed by atoms with E-state index in [-0.39, 0.29) is 11.6 Å². The summed E-state index contributed by atoms with van der Waals surface area (Å²) in [6, 6.07) is 9.49. The molecular weight excluding hydrogens is 396 g/mol. The van der Waals surface area contributed by atoms with Gasteiger partial charge in [-0.2, -0.15) is 0 Å². The average Bonchev–Trinajstić information content (AvgIpc) is 2.61. The second-order valence-corrected chi connectivity index (χ2v) is 7.62. The van der Waals surface area contributed by atoms with Crippen molar-refractivity contribution < 1.29 is 8.78 Å². The lowest BCUT2D eigenvalue weighted by molar-refractivity contribution is 0.405. The van der Waals surface area contributed by atoms with E-state index in [4.69, 9.17) is 16.7 Å². The largest absolute Gasteiger partial charge is 0.381 e. The molecule has 0 radical (unpaired) electrons. The van der Waals surface area contributed by atoms with E-state index in [0.717, 1.165) is 29.8 Å². The summed E-state index contributed by atoms with van der Waals surface area (Å²) in [6.07, 6.45) is 2.89. The summed E-state index contributed by atoms with van der Waals surface area (Å²) in [5.41, 5.74) is 0.350. The summed E-state index contributed by atoms with van der Waals surface area (Å²) in [5, 5.41) is 8.73. The summed E-state index contributed by atoms with van der Waals surface area (Å²) in [5.74, 6) is -0.539. The maximum atomic E-state index is 13.7. The molecule has 3 nitrogen and oxygen atoms in total. The fourth-order valence-corrected chi connectivity index (χ4v) is 3.07. The molecule has 0 spiro atoms. The Hall–Kier alpha value is -0.990. The second-order valence-electron chi connectivity index (χ2n) is 5.62. The van der Waals surface area contributed by atoms with Crippen molar-refractivity contribution in [3.63, 3.8) is 0 Å². The van der Waals surface area contributed by atoms with Crippen LogP contribution in [0.25, 0.3) is 0 Å². The normalized spacial score (nSPS) is 10.5. The lowest BCUT2D eigenvalue weighted by Crippen LogP contribution is -2.16. The first-order valence-electron chi connectivity index (χ1n) is 7.91. The van der Waals surface area contributed by atoms with Crippen LogP contribution >= 0.6 is 35.3 Å². The predicted molar refractivity (Wildman–Crippen MR) is 111 cm³/mol. The molecule has 0 saturated carbocycles. The molecule has 0 bridgehead atoms. The number of nitrogens with two attached hydrogens (primary N) is 1. The first-order chi connectivity index (χ1) is 12.4. The molecule has 0 amide bonds. The van der Waals surface area contributed by atoms with Crippen LogP contribution in [0.2, 0.25) is 5.02 Å². The third kappa shape index (κ3) is 8.60. The molecule has 0 aliphatic carbocycles. The number of halogens is 3. The SMILES string of the molecule is CN(C)CCCNc1c(F)cc(SN)cc1Cl.CSc1ccc(F)cc1. The molecule has 26 heavy (non-hydrogen) atoms. The van der Waals surface area contributed by atoms with E-state index in [1.165, 1.54) is 18.2 Å². The van der Waals surface area contributed by atoms with Crippen molar-refractivity contribution in [2.45, 2.75) is 16.2 Å². The molecule has 8 heteroatoms. The smallest absolute Gasteiger partial charge is 0.148 e. The number of nitrogens with zero attached hydrogens (tertiary/aromatic N) is 1. The fourth-order valence-electron chi connectivity index (χ4n) is 1.97. The van der Waals surface area contributed by atoms with Crippen LogP contribution in [-0.4, -0.2) is 38.3 Å². The van der Waals surface area contributed by atoms with Crippen molar-refractivity contribution in [1.29, 1.82) is 0 Å². The van der Waals surface area contributed by atoms with Gasteiger partial charge in [0.25, 0.3) is 0 Å². The molecule has 2 rings (SSSR count). The zero-order chi connectivity index (χ0) is 19.5. The maximum Gasteiger partial charge on any atom is 0.148 e. The minimum absolute atomic E-state index is 0.173. The van der Waals surface area contributed by atoms with Crippen LogP contribution in [0.3, 0.4) is 0 Å². The van der Waals surface area contributed by atoms with Crippen LogP contribution in [-0.2, 0) is 0 Å². The Balaban J connectivity index is 0.000000314. The van der Waals surface area contributed by atoms with E-state index in [9.17, 15) is 8.78 Å². The predicted octanol–water partition coefficient (Wildman–Crippen LogP) is 5.36. The summed E-state index contributed by atoms with van der Waals surface area (Å²) >= 11 is 8.56. The highest BCUT2D eigenvalue weighted by molar-refractivity contribution is 7.98. The van der Waals surface area contributed by atoms with Crippen LogP contribution in [0.1, 0.15) is 6.42 Å². The standard InChI is InChI=1S/C11H17ClFN3S.C7H7FS/c1-16(2)5-3-4-15-11-9(12)6-8(17-14)7-10(11)13;1-9-7-4-2-6(8)3-5-7/h6-7,15H,3-5,14H2,1-2H3;2-5H,1H3. The van der Waals surface area contributed by atoms with Crippen molar-refractivity contribution in [3.8, 4) is 0 Å². The Bertz CT molecular complexity index is 647. The molecule has 0 atom stereocenters. The molecule has 0 heterocycles. The summed E-state index contributed by atoms with van der Waals surface area (Å²) < 4.78 is 25.9. The van der Waals surface area contributed by atoms with Gasteiger partial charge in [-0.1, -0.05) is 11.6 Å². The molecule has 2 aromatic carbocycles.